The number of Topliss-reactive ketones (excluding diaryl/α,β-unsaturated/α-hetero) is 1. The smallest absolute Gasteiger partial charge is 0.301 e. The van der Waals surface area contributed by atoms with Crippen molar-refractivity contribution in [3.05, 3.63) is 94.1 Å². The van der Waals surface area contributed by atoms with Crippen molar-refractivity contribution in [3.8, 4) is 5.75 Å². The van der Waals surface area contributed by atoms with E-state index in [1.165, 1.54) is 21.8 Å². The summed E-state index contributed by atoms with van der Waals surface area (Å²) in [6.45, 7) is 5.89. The maximum atomic E-state index is 13.5. The van der Waals surface area contributed by atoms with Crippen LogP contribution in [0.5, 0.6) is 5.75 Å². The molecule has 36 heavy (non-hydrogen) atoms. The van der Waals surface area contributed by atoms with E-state index in [9.17, 15) is 14.7 Å². The topological polar surface area (TPSA) is 79.7 Å². The number of benzene rings is 3. The lowest BCUT2D eigenvalue weighted by Gasteiger charge is -2.23. The highest BCUT2D eigenvalue weighted by Crippen LogP contribution is 2.44. The third-order valence-corrected chi connectivity index (χ3v) is 7.54. The Kier molecular flexibility index (Phi) is 6.10. The number of aliphatic hydroxyl groups is 1. The number of hydrogen-bond acceptors (Lipinski definition) is 6. The quantitative estimate of drug-likeness (QED) is 0.204. The van der Waals surface area contributed by atoms with Gasteiger partial charge in [0.2, 0.25) is 0 Å². The average Bonchev–Trinajstić information content (AvgIpc) is 3.41. The lowest BCUT2D eigenvalue weighted by molar-refractivity contribution is -0.132. The van der Waals surface area contributed by atoms with Gasteiger partial charge in [-0.05, 0) is 67.3 Å². The number of thiazole rings is 1. The van der Waals surface area contributed by atoms with Gasteiger partial charge in [-0.3, -0.25) is 14.5 Å². The van der Waals surface area contributed by atoms with Gasteiger partial charge in [-0.1, -0.05) is 54.2 Å². The van der Waals surface area contributed by atoms with Gasteiger partial charge < -0.3 is 9.84 Å². The van der Waals surface area contributed by atoms with Gasteiger partial charge in [-0.2, -0.15) is 0 Å². The van der Waals surface area contributed by atoms with Gasteiger partial charge in [0.25, 0.3) is 5.78 Å². The van der Waals surface area contributed by atoms with Crippen LogP contribution in [0.25, 0.3) is 16.0 Å². The highest BCUT2D eigenvalue weighted by molar-refractivity contribution is 7.22. The summed E-state index contributed by atoms with van der Waals surface area (Å²) in [7, 11) is 1.58. The predicted octanol–water partition coefficient (Wildman–Crippen LogP) is 6.11. The monoisotopic (exact) mass is 498 g/mol. The van der Waals surface area contributed by atoms with E-state index in [0.29, 0.717) is 16.4 Å². The van der Waals surface area contributed by atoms with Gasteiger partial charge in [-0.25, -0.2) is 4.98 Å². The van der Waals surface area contributed by atoms with Gasteiger partial charge in [0, 0.05) is 5.56 Å². The molecule has 5 rings (SSSR count). The zero-order valence-corrected chi connectivity index (χ0v) is 21.3. The number of anilines is 1. The predicted molar refractivity (Wildman–Crippen MR) is 143 cm³/mol. The van der Waals surface area contributed by atoms with E-state index >= 15 is 0 Å². The van der Waals surface area contributed by atoms with Crippen LogP contribution >= 0.6 is 11.3 Å². The number of rotatable bonds is 5. The first-order valence-corrected chi connectivity index (χ1v) is 12.6. The zero-order valence-electron chi connectivity index (χ0n) is 20.5. The molecule has 1 N–H and O–H groups in total. The number of amides is 1. The molecule has 6 nitrogen and oxygen atoms in total. The molecule has 0 radical (unpaired) electrons. The van der Waals surface area contributed by atoms with E-state index in [1.807, 2.05) is 50.2 Å². The van der Waals surface area contributed by atoms with Crippen molar-refractivity contribution in [3.63, 3.8) is 0 Å². The molecule has 0 bridgehead atoms. The molecule has 1 saturated heterocycles. The van der Waals surface area contributed by atoms with Crippen LogP contribution in [0.15, 0.2) is 66.2 Å². The Morgan fingerprint density at radius 1 is 1.08 bits per heavy atom. The molecular formula is C29H26N2O4S. The molecule has 0 spiro atoms. The summed E-state index contributed by atoms with van der Waals surface area (Å²) < 4.78 is 6.28. The Morgan fingerprint density at radius 3 is 2.58 bits per heavy atom. The summed E-state index contributed by atoms with van der Waals surface area (Å²) >= 11 is 1.37. The largest absolute Gasteiger partial charge is 0.507 e. The fraction of sp³-hybridized carbons (Fsp3) is 0.207. The van der Waals surface area contributed by atoms with Gasteiger partial charge in [-0.15, -0.1) is 0 Å². The summed E-state index contributed by atoms with van der Waals surface area (Å²) in [6, 6.07) is 18.0. The first-order valence-electron chi connectivity index (χ1n) is 11.7. The molecule has 1 fully saturated rings. The number of hydrogen-bond donors (Lipinski definition) is 1. The second-order valence-electron chi connectivity index (χ2n) is 8.92. The Balaban J connectivity index is 1.72. The Labute approximate surface area is 213 Å². The number of carbonyl (C=O) groups is 2. The SMILES string of the molecule is CCc1ccc2nc(N3C(=O)C(=O)/C(=C(/O)c4ccc(OC)c(C)c4)C3c3cccc(C)c3)sc2c1. The summed E-state index contributed by atoms with van der Waals surface area (Å²) in [4.78, 5) is 33.0. The zero-order chi connectivity index (χ0) is 25.6. The molecule has 182 valence electrons. The van der Waals surface area contributed by atoms with Crippen molar-refractivity contribution in [2.45, 2.75) is 33.2 Å². The van der Waals surface area contributed by atoms with E-state index in [-0.39, 0.29) is 11.3 Å². The molecule has 1 amide bonds. The lowest BCUT2D eigenvalue weighted by atomic mass is 9.94. The Bertz CT molecular complexity index is 1550. The minimum Gasteiger partial charge on any atom is -0.507 e. The number of fused-ring (bicyclic) bond motifs is 1. The highest BCUT2D eigenvalue weighted by atomic mass is 32.1. The van der Waals surface area contributed by atoms with Crippen LogP contribution in [0.2, 0.25) is 0 Å². The summed E-state index contributed by atoms with van der Waals surface area (Å²) in [6.07, 6.45) is 0.887. The number of methoxy groups -OCH3 is 1. The van der Waals surface area contributed by atoms with Crippen molar-refractivity contribution in [1.82, 2.24) is 4.98 Å². The fourth-order valence-electron chi connectivity index (χ4n) is 4.65. The van der Waals surface area contributed by atoms with Crippen molar-refractivity contribution in [2.24, 2.45) is 0 Å². The number of ketones is 1. The second kappa shape index (κ2) is 9.24. The standard InChI is InChI=1S/C29H26N2O4S/c1-5-18-9-11-21-23(15-18)36-29(30-21)31-25(19-8-6-7-16(2)13-19)24(27(33)28(31)34)26(32)20-10-12-22(35-4)17(3)14-20/h6-15,25,32H,5H2,1-4H3/b26-24+. The average molecular weight is 499 g/mol. The number of nitrogens with zero attached hydrogens (tertiary/aromatic N) is 2. The minimum absolute atomic E-state index is 0.0451. The van der Waals surface area contributed by atoms with Crippen molar-refractivity contribution >= 4 is 44.1 Å². The second-order valence-corrected chi connectivity index (χ2v) is 9.93. The molecule has 1 unspecified atom stereocenters. The van der Waals surface area contributed by atoms with E-state index in [4.69, 9.17) is 9.72 Å². The van der Waals surface area contributed by atoms with E-state index in [2.05, 4.69) is 13.0 Å². The summed E-state index contributed by atoms with van der Waals surface area (Å²) in [5.74, 6) is -0.991. The van der Waals surface area contributed by atoms with Crippen LogP contribution in [-0.4, -0.2) is 28.9 Å². The lowest BCUT2D eigenvalue weighted by Crippen LogP contribution is -2.29. The molecule has 1 aliphatic rings. The maximum absolute atomic E-state index is 13.5. The first-order chi connectivity index (χ1) is 17.3. The van der Waals surface area contributed by atoms with Crippen molar-refractivity contribution in [1.29, 1.82) is 0 Å². The molecular weight excluding hydrogens is 472 g/mol. The van der Waals surface area contributed by atoms with Crippen LogP contribution in [0.4, 0.5) is 5.13 Å². The molecule has 0 saturated carbocycles. The van der Waals surface area contributed by atoms with Crippen molar-refractivity contribution in [2.75, 3.05) is 12.0 Å². The van der Waals surface area contributed by atoms with Crippen molar-refractivity contribution < 1.29 is 19.4 Å². The Hall–Kier alpha value is -3.97. The number of aliphatic hydroxyl groups excluding tert-OH is 1. The van der Waals surface area contributed by atoms with Crippen LogP contribution < -0.4 is 9.64 Å². The van der Waals surface area contributed by atoms with Gasteiger partial charge >= 0.3 is 5.91 Å². The third kappa shape index (κ3) is 3.95. The number of aryl methyl sites for hydroxylation is 3. The van der Waals surface area contributed by atoms with Crippen LogP contribution in [-0.2, 0) is 16.0 Å². The molecule has 1 aromatic heterocycles. The summed E-state index contributed by atoms with van der Waals surface area (Å²) in [5.41, 5.74) is 4.95. The summed E-state index contributed by atoms with van der Waals surface area (Å²) in [5, 5.41) is 11.8. The van der Waals surface area contributed by atoms with E-state index in [0.717, 1.165) is 33.3 Å². The first kappa shape index (κ1) is 23.8. The molecule has 7 heteroatoms. The molecule has 4 aromatic rings. The minimum atomic E-state index is -0.807. The van der Waals surface area contributed by atoms with Gasteiger partial charge in [0.1, 0.15) is 11.5 Å². The maximum Gasteiger partial charge on any atom is 0.301 e. The van der Waals surface area contributed by atoms with E-state index < -0.39 is 17.7 Å². The van der Waals surface area contributed by atoms with E-state index in [1.54, 1.807) is 25.3 Å². The fourth-order valence-corrected chi connectivity index (χ4v) is 5.70. The number of aromatic nitrogens is 1. The molecule has 3 aromatic carbocycles. The van der Waals surface area contributed by atoms with Crippen LogP contribution in [0.3, 0.4) is 0 Å². The molecule has 2 heterocycles. The van der Waals surface area contributed by atoms with Crippen LogP contribution in [0, 0.1) is 13.8 Å². The van der Waals surface area contributed by atoms with Gasteiger partial charge in [0.05, 0.1) is 28.9 Å². The normalized spacial score (nSPS) is 17.2. The molecule has 0 aliphatic carbocycles. The number of ether oxygens (including phenoxy) is 1. The van der Waals surface area contributed by atoms with Gasteiger partial charge in [0.15, 0.2) is 5.13 Å². The number of carbonyl (C=O) groups excluding carboxylic acids is 2. The molecule has 1 atom stereocenters. The highest BCUT2D eigenvalue weighted by Gasteiger charge is 2.48. The molecule has 1 aliphatic heterocycles. The third-order valence-electron chi connectivity index (χ3n) is 6.53. The van der Waals surface area contributed by atoms with Crippen LogP contribution in [0.1, 0.15) is 40.8 Å². The Morgan fingerprint density at radius 2 is 1.89 bits per heavy atom.